The molecule has 0 aliphatic carbocycles. The van der Waals surface area contributed by atoms with Crippen molar-refractivity contribution in [2.45, 2.75) is 20.0 Å². The highest BCUT2D eigenvalue weighted by molar-refractivity contribution is 5.89. The minimum atomic E-state index is -0.348. The maximum absolute atomic E-state index is 11.9. The Kier molecular flexibility index (Phi) is 6.83. The van der Waals surface area contributed by atoms with Crippen molar-refractivity contribution < 1.29 is 19.1 Å². The molecule has 0 radical (unpaired) electrons. The molecule has 0 heterocycles. The van der Waals surface area contributed by atoms with Gasteiger partial charge in [0.05, 0.1) is 19.3 Å². The second-order valence-corrected chi connectivity index (χ2v) is 5.30. The molecule has 0 saturated carbocycles. The Hall–Kier alpha value is -3.02. The van der Waals surface area contributed by atoms with Crippen LogP contribution in [0.2, 0.25) is 0 Å². The van der Waals surface area contributed by atoms with Gasteiger partial charge in [0.1, 0.15) is 5.75 Å². The summed E-state index contributed by atoms with van der Waals surface area (Å²) in [5.41, 5.74) is 2.37. The lowest BCUT2D eigenvalue weighted by molar-refractivity contribution is 0.0526. The molecular weight excluding hydrogens is 320 g/mol. The Bertz CT molecular complexity index is 696. The maximum Gasteiger partial charge on any atom is 0.338 e. The van der Waals surface area contributed by atoms with Gasteiger partial charge >= 0.3 is 12.0 Å². The molecule has 2 N–H and O–H groups in total. The number of hydrogen-bond acceptors (Lipinski definition) is 4. The number of methoxy groups -OCH3 is 1. The first-order valence-corrected chi connectivity index (χ1v) is 8.03. The van der Waals surface area contributed by atoms with Gasteiger partial charge in [0.25, 0.3) is 0 Å². The number of rotatable bonds is 7. The molecule has 2 aromatic rings. The van der Waals surface area contributed by atoms with E-state index in [0.717, 1.165) is 16.9 Å². The van der Waals surface area contributed by atoms with Gasteiger partial charge in [0, 0.05) is 13.1 Å². The smallest absolute Gasteiger partial charge is 0.338 e. The largest absolute Gasteiger partial charge is 0.497 e. The molecule has 0 saturated heterocycles. The predicted octanol–water partition coefficient (Wildman–Crippen LogP) is 2.87. The molecule has 0 aromatic heterocycles. The molecular formula is C19H22N2O4. The number of esters is 1. The van der Waals surface area contributed by atoms with Crippen LogP contribution in [0.1, 0.15) is 28.4 Å². The summed E-state index contributed by atoms with van der Waals surface area (Å²) >= 11 is 0. The van der Waals surface area contributed by atoms with E-state index in [2.05, 4.69) is 10.6 Å². The van der Waals surface area contributed by atoms with E-state index >= 15 is 0 Å². The Morgan fingerprint density at radius 3 is 1.88 bits per heavy atom. The molecule has 25 heavy (non-hydrogen) atoms. The average Bonchev–Trinajstić information content (AvgIpc) is 2.65. The zero-order chi connectivity index (χ0) is 18.1. The standard InChI is InChI=1S/C19H22N2O4/c1-3-25-18(22)16-8-4-14(5-9-16)12-20-19(23)21-13-15-6-10-17(24-2)11-7-15/h4-11H,3,12-13H2,1-2H3,(H2,20,21,23). The highest BCUT2D eigenvalue weighted by Gasteiger charge is 2.06. The molecule has 0 bridgehead atoms. The van der Waals surface area contributed by atoms with Crippen LogP contribution in [-0.4, -0.2) is 25.7 Å². The summed E-state index contributed by atoms with van der Waals surface area (Å²) in [7, 11) is 1.61. The number of hydrogen-bond donors (Lipinski definition) is 2. The summed E-state index contributed by atoms with van der Waals surface area (Å²) in [6.07, 6.45) is 0. The lowest BCUT2D eigenvalue weighted by Gasteiger charge is -2.09. The van der Waals surface area contributed by atoms with Crippen LogP contribution >= 0.6 is 0 Å². The SMILES string of the molecule is CCOC(=O)c1ccc(CNC(=O)NCc2ccc(OC)cc2)cc1. The molecule has 0 atom stereocenters. The fourth-order valence-electron chi connectivity index (χ4n) is 2.14. The number of amides is 2. The van der Waals surface area contributed by atoms with Crippen LogP contribution in [0, 0.1) is 0 Å². The van der Waals surface area contributed by atoms with Crippen LogP contribution in [0.25, 0.3) is 0 Å². The van der Waals surface area contributed by atoms with Crippen molar-refractivity contribution in [1.29, 1.82) is 0 Å². The fraction of sp³-hybridized carbons (Fsp3) is 0.263. The third kappa shape index (κ3) is 5.84. The van der Waals surface area contributed by atoms with Crippen LogP contribution in [0.5, 0.6) is 5.75 Å². The van der Waals surface area contributed by atoms with Gasteiger partial charge in [-0.1, -0.05) is 24.3 Å². The summed E-state index contributed by atoms with van der Waals surface area (Å²) in [4.78, 5) is 23.4. The number of urea groups is 1. The van der Waals surface area contributed by atoms with Gasteiger partial charge in [-0.3, -0.25) is 0 Å². The van der Waals surface area contributed by atoms with Gasteiger partial charge in [0.15, 0.2) is 0 Å². The van der Waals surface area contributed by atoms with E-state index in [0.29, 0.717) is 25.3 Å². The zero-order valence-electron chi connectivity index (χ0n) is 14.4. The quantitative estimate of drug-likeness (QED) is 0.759. The van der Waals surface area contributed by atoms with Crippen LogP contribution in [0.3, 0.4) is 0 Å². The molecule has 2 amide bonds. The maximum atomic E-state index is 11.9. The second kappa shape index (κ2) is 9.32. The third-order valence-corrected chi connectivity index (χ3v) is 3.53. The fourth-order valence-corrected chi connectivity index (χ4v) is 2.14. The van der Waals surface area contributed by atoms with E-state index in [1.54, 1.807) is 38.3 Å². The number of carbonyl (C=O) groups excluding carboxylic acids is 2. The van der Waals surface area contributed by atoms with Crippen molar-refractivity contribution in [3.63, 3.8) is 0 Å². The first kappa shape index (κ1) is 18.3. The molecule has 0 fully saturated rings. The third-order valence-electron chi connectivity index (χ3n) is 3.53. The summed E-state index contributed by atoms with van der Waals surface area (Å²) in [5, 5.41) is 5.56. The highest BCUT2D eigenvalue weighted by Crippen LogP contribution is 2.11. The van der Waals surface area contributed by atoms with Crippen molar-refractivity contribution in [3.8, 4) is 5.75 Å². The number of carbonyl (C=O) groups is 2. The minimum Gasteiger partial charge on any atom is -0.497 e. The molecule has 0 unspecified atom stereocenters. The topological polar surface area (TPSA) is 76.7 Å². The highest BCUT2D eigenvalue weighted by atomic mass is 16.5. The Morgan fingerprint density at radius 1 is 0.880 bits per heavy atom. The van der Waals surface area contributed by atoms with Gasteiger partial charge < -0.3 is 20.1 Å². The molecule has 0 spiro atoms. The Labute approximate surface area is 147 Å². The lowest BCUT2D eigenvalue weighted by atomic mass is 10.1. The van der Waals surface area contributed by atoms with Gasteiger partial charge in [0.2, 0.25) is 0 Å². The van der Waals surface area contributed by atoms with E-state index in [-0.39, 0.29) is 12.0 Å². The Morgan fingerprint density at radius 2 is 1.40 bits per heavy atom. The van der Waals surface area contributed by atoms with Crippen molar-refractivity contribution in [3.05, 3.63) is 65.2 Å². The van der Waals surface area contributed by atoms with Crippen LogP contribution < -0.4 is 15.4 Å². The van der Waals surface area contributed by atoms with E-state index < -0.39 is 0 Å². The van der Waals surface area contributed by atoms with Gasteiger partial charge in [-0.25, -0.2) is 9.59 Å². The molecule has 0 aliphatic rings. The van der Waals surface area contributed by atoms with E-state index in [1.165, 1.54) is 0 Å². The average molecular weight is 342 g/mol. The molecule has 132 valence electrons. The van der Waals surface area contributed by atoms with E-state index in [4.69, 9.17) is 9.47 Å². The first-order valence-electron chi connectivity index (χ1n) is 8.03. The van der Waals surface area contributed by atoms with Gasteiger partial charge in [-0.15, -0.1) is 0 Å². The number of ether oxygens (including phenoxy) is 2. The minimum absolute atomic E-state index is 0.259. The normalized spacial score (nSPS) is 10.0. The Balaban J connectivity index is 1.76. The number of benzene rings is 2. The van der Waals surface area contributed by atoms with Gasteiger partial charge in [-0.2, -0.15) is 0 Å². The van der Waals surface area contributed by atoms with E-state index in [1.807, 2.05) is 24.3 Å². The molecule has 2 aromatic carbocycles. The van der Waals surface area contributed by atoms with Gasteiger partial charge in [-0.05, 0) is 42.3 Å². The summed E-state index contributed by atoms with van der Waals surface area (Å²) in [6.45, 7) is 2.91. The molecule has 2 rings (SSSR count). The first-order chi connectivity index (χ1) is 12.1. The summed E-state index contributed by atoms with van der Waals surface area (Å²) in [6, 6.07) is 14.2. The van der Waals surface area contributed by atoms with Crippen LogP contribution in [0.4, 0.5) is 4.79 Å². The predicted molar refractivity (Wildman–Crippen MR) is 94.5 cm³/mol. The summed E-state index contributed by atoms with van der Waals surface area (Å²) in [5.74, 6) is 0.429. The van der Waals surface area contributed by atoms with E-state index in [9.17, 15) is 9.59 Å². The monoisotopic (exact) mass is 342 g/mol. The molecule has 6 nitrogen and oxygen atoms in total. The van der Waals surface area contributed by atoms with Crippen molar-refractivity contribution in [2.24, 2.45) is 0 Å². The summed E-state index contributed by atoms with van der Waals surface area (Å²) < 4.78 is 10.0. The van der Waals surface area contributed by atoms with Crippen molar-refractivity contribution >= 4 is 12.0 Å². The van der Waals surface area contributed by atoms with Crippen LogP contribution in [-0.2, 0) is 17.8 Å². The molecule has 0 aliphatic heterocycles. The van der Waals surface area contributed by atoms with Crippen LogP contribution in [0.15, 0.2) is 48.5 Å². The zero-order valence-corrected chi connectivity index (χ0v) is 14.4. The van der Waals surface area contributed by atoms with Crippen molar-refractivity contribution in [2.75, 3.05) is 13.7 Å². The lowest BCUT2D eigenvalue weighted by Crippen LogP contribution is -2.34. The number of nitrogens with one attached hydrogen (secondary N) is 2. The van der Waals surface area contributed by atoms with Crippen molar-refractivity contribution in [1.82, 2.24) is 10.6 Å². The molecule has 6 heteroatoms. The second-order valence-electron chi connectivity index (χ2n) is 5.30.